The van der Waals surface area contributed by atoms with E-state index in [1.165, 1.54) is 62.7 Å². The maximum absolute atomic E-state index is 12.3. The molecule has 3 aliphatic carbocycles. The van der Waals surface area contributed by atoms with E-state index in [1.54, 1.807) is 7.11 Å². The van der Waals surface area contributed by atoms with Crippen LogP contribution in [0.25, 0.3) is 11.1 Å². The summed E-state index contributed by atoms with van der Waals surface area (Å²) in [7, 11) is 1.79. The lowest BCUT2D eigenvalue weighted by molar-refractivity contribution is 0.0951. The van der Waals surface area contributed by atoms with Crippen LogP contribution in [0, 0.1) is 11.8 Å². The van der Waals surface area contributed by atoms with E-state index in [2.05, 4.69) is 40.5 Å². The predicted octanol–water partition coefficient (Wildman–Crippen LogP) is 5.62. The fourth-order valence-electron chi connectivity index (χ4n) is 6.74. The average Bonchev–Trinajstić information content (AvgIpc) is 3.42. The number of methoxy groups -OCH3 is 1. The van der Waals surface area contributed by atoms with Crippen LogP contribution >= 0.6 is 0 Å². The summed E-state index contributed by atoms with van der Waals surface area (Å²) >= 11 is 0. The van der Waals surface area contributed by atoms with Crippen molar-refractivity contribution >= 4 is 5.91 Å². The first-order valence-corrected chi connectivity index (χ1v) is 13.0. The number of ether oxygens (including phenoxy) is 1. The second-order valence-electron chi connectivity index (χ2n) is 10.8. The molecule has 3 atom stereocenters. The van der Waals surface area contributed by atoms with Crippen molar-refractivity contribution in [2.24, 2.45) is 11.8 Å². The van der Waals surface area contributed by atoms with Gasteiger partial charge in [-0.3, -0.25) is 4.79 Å². The molecule has 1 aliphatic heterocycles. The van der Waals surface area contributed by atoms with Gasteiger partial charge < -0.3 is 15.0 Å². The largest absolute Gasteiger partial charge is 0.496 e. The minimum Gasteiger partial charge on any atom is -0.496 e. The van der Waals surface area contributed by atoms with Gasteiger partial charge in [-0.05, 0) is 117 Å². The number of nitrogens with one attached hydrogen (secondary N) is 1. The Morgan fingerprint density at radius 1 is 0.909 bits per heavy atom. The number of rotatable bonds is 6. The smallest absolute Gasteiger partial charge is 0.251 e. The zero-order valence-corrected chi connectivity index (χ0v) is 19.8. The summed E-state index contributed by atoms with van der Waals surface area (Å²) in [5, 5.41) is 3.07. The second kappa shape index (κ2) is 8.79. The van der Waals surface area contributed by atoms with Crippen LogP contribution in [0.5, 0.6) is 5.75 Å². The molecule has 4 nitrogen and oxygen atoms in total. The molecular weight excluding hydrogens is 408 g/mol. The molecule has 1 saturated heterocycles. The van der Waals surface area contributed by atoms with Gasteiger partial charge in [0.15, 0.2) is 0 Å². The molecule has 174 valence electrons. The molecule has 3 saturated carbocycles. The Labute approximate surface area is 197 Å². The first-order valence-electron chi connectivity index (χ1n) is 13.0. The number of carbonyl (C=O) groups excluding carboxylic acids is 1. The molecule has 2 aromatic carbocycles. The fraction of sp³-hybridized carbons (Fsp3) is 0.552. The van der Waals surface area contributed by atoms with Crippen LogP contribution in [-0.4, -0.2) is 43.1 Å². The summed E-state index contributed by atoms with van der Waals surface area (Å²) in [6.07, 6.45) is 10.5. The zero-order valence-electron chi connectivity index (χ0n) is 19.8. The number of hydrogen-bond acceptors (Lipinski definition) is 3. The van der Waals surface area contributed by atoms with Gasteiger partial charge in [-0.15, -0.1) is 0 Å². The molecule has 2 aromatic rings. The molecule has 6 rings (SSSR count). The normalized spacial score (nSPS) is 27.6. The molecule has 33 heavy (non-hydrogen) atoms. The molecule has 4 aliphatic rings. The lowest BCUT2D eigenvalue weighted by Gasteiger charge is -2.40. The van der Waals surface area contributed by atoms with Gasteiger partial charge in [-0.1, -0.05) is 24.6 Å². The van der Waals surface area contributed by atoms with Crippen molar-refractivity contribution < 1.29 is 9.53 Å². The van der Waals surface area contributed by atoms with Crippen LogP contribution in [-0.2, 0) is 0 Å². The van der Waals surface area contributed by atoms with E-state index in [0.717, 1.165) is 47.6 Å². The summed E-state index contributed by atoms with van der Waals surface area (Å²) in [5.41, 5.74) is 4.45. The van der Waals surface area contributed by atoms with Crippen molar-refractivity contribution in [2.75, 3.05) is 20.2 Å². The van der Waals surface area contributed by atoms with Crippen molar-refractivity contribution in [3.05, 3.63) is 53.6 Å². The quantitative estimate of drug-likeness (QED) is 0.628. The lowest BCUT2D eigenvalue weighted by atomic mass is 9.85. The Morgan fingerprint density at radius 3 is 2.30 bits per heavy atom. The van der Waals surface area contributed by atoms with Crippen molar-refractivity contribution in [2.45, 2.75) is 69.4 Å². The highest BCUT2D eigenvalue weighted by Crippen LogP contribution is 2.48. The third-order valence-electron chi connectivity index (χ3n) is 8.76. The monoisotopic (exact) mass is 444 g/mol. The Morgan fingerprint density at radius 2 is 1.67 bits per heavy atom. The molecular formula is C29H36N2O2. The Hall–Kier alpha value is -2.33. The standard InChI is InChI=1S/C29H36N2O2/c1-33-28-11-8-23(20-4-6-22(7-5-20)29(32)30-25-9-10-25)18-26(28)21-12-14-31(15-13-21)27-17-19-2-3-24(27)16-19/h4-8,11,18-19,21,24-25,27H,2-3,9-10,12-17H2,1H3,(H,30,32)/t19-,24?,27-/m0/s1. The van der Waals surface area contributed by atoms with Crippen LogP contribution in [0.4, 0.5) is 0 Å². The summed E-state index contributed by atoms with van der Waals surface area (Å²) in [6.45, 7) is 2.44. The maximum atomic E-state index is 12.3. The third-order valence-corrected chi connectivity index (χ3v) is 8.76. The van der Waals surface area contributed by atoms with Crippen LogP contribution in [0.1, 0.15) is 73.2 Å². The summed E-state index contributed by atoms with van der Waals surface area (Å²) in [6, 6.07) is 15.9. The van der Waals surface area contributed by atoms with Crippen LogP contribution in [0.15, 0.2) is 42.5 Å². The van der Waals surface area contributed by atoms with Gasteiger partial charge in [-0.2, -0.15) is 0 Å². The second-order valence-corrected chi connectivity index (χ2v) is 10.8. The van der Waals surface area contributed by atoms with E-state index in [0.29, 0.717) is 12.0 Å². The topological polar surface area (TPSA) is 41.6 Å². The Balaban J connectivity index is 1.16. The van der Waals surface area contributed by atoms with Gasteiger partial charge in [0.25, 0.3) is 5.91 Å². The minimum absolute atomic E-state index is 0.0433. The molecule has 1 amide bonds. The van der Waals surface area contributed by atoms with Crippen molar-refractivity contribution in [3.8, 4) is 16.9 Å². The number of piperidine rings is 1. The number of fused-ring (bicyclic) bond motifs is 2. The highest BCUT2D eigenvalue weighted by atomic mass is 16.5. The van der Waals surface area contributed by atoms with E-state index in [1.807, 2.05) is 12.1 Å². The molecule has 1 heterocycles. The predicted molar refractivity (Wildman–Crippen MR) is 132 cm³/mol. The summed E-state index contributed by atoms with van der Waals surface area (Å²) < 4.78 is 5.78. The summed E-state index contributed by atoms with van der Waals surface area (Å²) in [4.78, 5) is 15.1. The van der Waals surface area contributed by atoms with Crippen molar-refractivity contribution in [1.82, 2.24) is 10.2 Å². The molecule has 4 heteroatoms. The fourth-order valence-corrected chi connectivity index (χ4v) is 6.74. The van der Waals surface area contributed by atoms with Crippen LogP contribution in [0.2, 0.25) is 0 Å². The van der Waals surface area contributed by atoms with Gasteiger partial charge in [0.1, 0.15) is 5.75 Å². The van der Waals surface area contributed by atoms with E-state index in [4.69, 9.17) is 4.74 Å². The molecule has 0 aromatic heterocycles. The first kappa shape index (κ1) is 21.2. The number of likely N-dealkylation sites (tertiary alicyclic amines) is 1. The lowest BCUT2D eigenvalue weighted by Crippen LogP contribution is -2.43. The van der Waals surface area contributed by atoms with Crippen LogP contribution < -0.4 is 10.1 Å². The molecule has 4 fully saturated rings. The van der Waals surface area contributed by atoms with Gasteiger partial charge in [0.2, 0.25) is 0 Å². The average molecular weight is 445 g/mol. The molecule has 1 unspecified atom stereocenters. The molecule has 0 spiro atoms. The molecule has 1 N–H and O–H groups in total. The van der Waals surface area contributed by atoms with Crippen molar-refractivity contribution in [1.29, 1.82) is 0 Å². The van der Waals surface area contributed by atoms with Gasteiger partial charge >= 0.3 is 0 Å². The third kappa shape index (κ3) is 4.30. The van der Waals surface area contributed by atoms with Crippen LogP contribution in [0.3, 0.4) is 0 Å². The number of nitrogens with zero attached hydrogens (tertiary/aromatic N) is 1. The first-order chi connectivity index (χ1) is 16.2. The van der Waals surface area contributed by atoms with Gasteiger partial charge in [0, 0.05) is 17.6 Å². The SMILES string of the molecule is COc1ccc(-c2ccc(C(=O)NC3CC3)cc2)cc1C1CCN([C@H]2C[C@H]3CCC2C3)CC1. The van der Waals surface area contributed by atoms with Crippen molar-refractivity contribution in [3.63, 3.8) is 0 Å². The Bertz CT molecular complexity index is 1000. The maximum Gasteiger partial charge on any atom is 0.251 e. The Kier molecular flexibility index (Phi) is 5.65. The molecule has 2 bridgehead atoms. The number of amides is 1. The van der Waals surface area contributed by atoms with Gasteiger partial charge in [0.05, 0.1) is 7.11 Å². The highest BCUT2D eigenvalue weighted by Gasteiger charge is 2.43. The van der Waals surface area contributed by atoms with E-state index in [-0.39, 0.29) is 5.91 Å². The highest BCUT2D eigenvalue weighted by molar-refractivity contribution is 5.95. The van der Waals surface area contributed by atoms with E-state index >= 15 is 0 Å². The number of hydrogen-bond donors (Lipinski definition) is 1. The minimum atomic E-state index is 0.0433. The zero-order chi connectivity index (χ0) is 22.4. The van der Waals surface area contributed by atoms with E-state index in [9.17, 15) is 4.79 Å². The summed E-state index contributed by atoms with van der Waals surface area (Å²) in [5.74, 6) is 3.59. The number of benzene rings is 2. The van der Waals surface area contributed by atoms with Gasteiger partial charge in [-0.25, -0.2) is 0 Å². The van der Waals surface area contributed by atoms with E-state index < -0.39 is 0 Å². The number of carbonyl (C=O) groups is 1. The molecule has 0 radical (unpaired) electrons.